The van der Waals surface area contributed by atoms with E-state index in [0.717, 1.165) is 65.7 Å². The number of fused-ring (bicyclic) bond motifs is 3. The van der Waals surface area contributed by atoms with Gasteiger partial charge >= 0.3 is 5.69 Å². The first-order valence-corrected chi connectivity index (χ1v) is 13.1. The Kier molecular flexibility index (Phi) is 7.37. The maximum Gasteiger partial charge on any atom is 0.330 e. The van der Waals surface area contributed by atoms with Crippen molar-refractivity contribution >= 4 is 22.1 Å². The molecule has 0 unspecified atom stereocenters. The van der Waals surface area contributed by atoms with Gasteiger partial charge in [0.25, 0.3) is 0 Å². The normalized spacial score (nSPS) is 16.3. The number of rotatable bonds is 8. The molecule has 9 heteroatoms. The van der Waals surface area contributed by atoms with Crippen LogP contribution in [0.1, 0.15) is 51.5 Å². The van der Waals surface area contributed by atoms with E-state index in [4.69, 9.17) is 14.5 Å². The van der Waals surface area contributed by atoms with Crippen LogP contribution in [0.4, 0.5) is 0 Å². The van der Waals surface area contributed by atoms with Gasteiger partial charge in [0, 0.05) is 57.0 Å². The minimum Gasteiger partial charge on any atom is -0.381 e. The van der Waals surface area contributed by atoms with Crippen LogP contribution >= 0.6 is 0 Å². The highest BCUT2D eigenvalue weighted by Gasteiger charge is 2.20. The lowest BCUT2D eigenvalue weighted by molar-refractivity contribution is 0.0136. The fraction of sp³-hybridized carbons (Fsp3) is 0.500. The van der Waals surface area contributed by atoms with Gasteiger partial charge in [0.2, 0.25) is 0 Å². The van der Waals surface area contributed by atoms with Crippen molar-refractivity contribution in [2.24, 2.45) is 7.05 Å². The van der Waals surface area contributed by atoms with E-state index >= 15 is 0 Å². The summed E-state index contributed by atoms with van der Waals surface area (Å²) in [4.78, 5) is 20.0. The Morgan fingerprint density at radius 1 is 1.05 bits per heavy atom. The smallest absolute Gasteiger partial charge is 0.330 e. The van der Waals surface area contributed by atoms with E-state index in [0.29, 0.717) is 18.4 Å². The summed E-state index contributed by atoms with van der Waals surface area (Å²) in [7, 11) is 3.54. The molecule has 196 valence electrons. The summed E-state index contributed by atoms with van der Waals surface area (Å²) < 4.78 is 14.9. The van der Waals surface area contributed by atoms with E-state index in [9.17, 15) is 4.79 Å². The van der Waals surface area contributed by atoms with Crippen molar-refractivity contribution in [3.63, 3.8) is 0 Å². The number of imidazole rings is 1. The number of hydrogen-bond donors (Lipinski definition) is 0. The Hall–Kier alpha value is -3.14. The van der Waals surface area contributed by atoms with Crippen molar-refractivity contribution in [2.45, 2.75) is 51.9 Å². The van der Waals surface area contributed by atoms with Crippen molar-refractivity contribution in [2.75, 3.05) is 33.4 Å². The molecule has 1 aliphatic heterocycles. The van der Waals surface area contributed by atoms with Crippen LogP contribution in [0.25, 0.3) is 33.2 Å². The van der Waals surface area contributed by atoms with Gasteiger partial charge in [-0.05, 0) is 57.4 Å². The molecular formula is C28H36N6O3. The van der Waals surface area contributed by atoms with Gasteiger partial charge in [0.15, 0.2) is 5.65 Å². The number of nitrogens with zero attached hydrogens (tertiary/aromatic N) is 6. The monoisotopic (exact) mass is 504 g/mol. The topological polar surface area (TPSA) is 87.3 Å². The van der Waals surface area contributed by atoms with Crippen LogP contribution in [-0.4, -0.2) is 68.7 Å². The first-order valence-electron chi connectivity index (χ1n) is 13.1. The zero-order valence-electron chi connectivity index (χ0n) is 22.3. The highest BCUT2D eigenvalue weighted by molar-refractivity contribution is 6.02. The summed E-state index contributed by atoms with van der Waals surface area (Å²) in [5.74, 6) is 0. The van der Waals surface area contributed by atoms with E-state index in [2.05, 4.69) is 27.2 Å². The number of hydrogen-bond acceptors (Lipinski definition) is 7. The van der Waals surface area contributed by atoms with E-state index < -0.39 is 0 Å². The summed E-state index contributed by atoms with van der Waals surface area (Å²) in [6.45, 7) is 9.78. The van der Waals surface area contributed by atoms with Gasteiger partial charge in [0.1, 0.15) is 5.52 Å². The molecule has 0 bridgehead atoms. The molecule has 0 amide bonds. The largest absolute Gasteiger partial charge is 0.381 e. The molecule has 0 spiro atoms. The summed E-state index contributed by atoms with van der Waals surface area (Å²) in [6.07, 6.45) is 4.37. The average molecular weight is 505 g/mol. The van der Waals surface area contributed by atoms with Gasteiger partial charge in [-0.25, -0.2) is 4.79 Å². The van der Waals surface area contributed by atoms with Gasteiger partial charge in [-0.15, -0.1) is 10.2 Å². The number of piperidine rings is 1. The van der Waals surface area contributed by atoms with Crippen LogP contribution in [-0.2, 0) is 16.5 Å². The Labute approximate surface area is 217 Å². The molecule has 1 fully saturated rings. The van der Waals surface area contributed by atoms with E-state index in [1.54, 1.807) is 23.3 Å². The lowest BCUT2D eigenvalue weighted by atomic mass is 10.0. The van der Waals surface area contributed by atoms with Gasteiger partial charge in [-0.2, -0.15) is 0 Å². The minimum atomic E-state index is -0.0864. The zero-order chi connectivity index (χ0) is 26.1. The average Bonchev–Trinajstić information content (AvgIpc) is 3.19. The zero-order valence-corrected chi connectivity index (χ0v) is 22.3. The number of aryl methyl sites for hydroxylation is 1. The summed E-state index contributed by atoms with van der Waals surface area (Å²) in [5, 5.41) is 9.59. The number of benzene rings is 1. The highest BCUT2D eigenvalue weighted by Crippen LogP contribution is 2.29. The number of likely N-dealkylation sites (tertiary alicyclic amines) is 1. The van der Waals surface area contributed by atoms with E-state index in [-0.39, 0.29) is 17.8 Å². The third kappa shape index (κ3) is 5.03. The summed E-state index contributed by atoms with van der Waals surface area (Å²) >= 11 is 0. The Morgan fingerprint density at radius 3 is 2.49 bits per heavy atom. The molecule has 0 saturated carbocycles. The third-order valence-corrected chi connectivity index (χ3v) is 7.46. The molecule has 1 aliphatic rings. The summed E-state index contributed by atoms with van der Waals surface area (Å²) in [6, 6.07) is 10.2. The van der Waals surface area contributed by atoms with Crippen LogP contribution in [0.2, 0.25) is 0 Å². The van der Waals surface area contributed by atoms with Crippen LogP contribution in [0.15, 0.2) is 41.3 Å². The molecule has 9 nitrogen and oxygen atoms in total. The fourth-order valence-electron chi connectivity index (χ4n) is 5.18. The number of methoxy groups -OCH3 is 1. The molecule has 5 rings (SSSR count). The molecular weight excluding hydrogens is 468 g/mol. The van der Waals surface area contributed by atoms with Crippen LogP contribution in [0.3, 0.4) is 0 Å². The second-order valence-corrected chi connectivity index (χ2v) is 10.2. The number of pyridine rings is 1. The van der Waals surface area contributed by atoms with E-state index in [1.807, 2.05) is 45.2 Å². The molecule has 0 aliphatic carbocycles. The molecule has 4 aromatic rings. The van der Waals surface area contributed by atoms with Crippen molar-refractivity contribution in [1.82, 2.24) is 29.2 Å². The predicted octanol–water partition coefficient (Wildman–Crippen LogP) is 4.11. The lowest BCUT2D eigenvalue weighted by Crippen LogP contribution is -2.38. The fourth-order valence-corrected chi connectivity index (χ4v) is 5.18. The highest BCUT2D eigenvalue weighted by atomic mass is 16.5. The Morgan fingerprint density at radius 2 is 1.81 bits per heavy atom. The SMILES string of the molecule is COC1CCN(CCO[C@H](C)c2ccc(-c3ccc4nnc5c(c4c3)n(C(C)C)c(=O)n5C)cn2)CC1. The van der Waals surface area contributed by atoms with Gasteiger partial charge < -0.3 is 14.4 Å². The lowest BCUT2D eigenvalue weighted by Gasteiger charge is -2.31. The van der Waals surface area contributed by atoms with Crippen LogP contribution in [0, 0.1) is 0 Å². The molecule has 0 N–H and O–H groups in total. The molecule has 0 radical (unpaired) electrons. The first kappa shape index (κ1) is 25.5. The van der Waals surface area contributed by atoms with Crippen molar-refractivity contribution < 1.29 is 9.47 Å². The third-order valence-electron chi connectivity index (χ3n) is 7.46. The second-order valence-electron chi connectivity index (χ2n) is 10.2. The summed E-state index contributed by atoms with van der Waals surface area (Å²) in [5.41, 5.74) is 5.00. The molecule has 37 heavy (non-hydrogen) atoms. The van der Waals surface area contributed by atoms with Gasteiger partial charge in [-0.1, -0.05) is 12.1 Å². The minimum absolute atomic E-state index is 0.00637. The quantitative estimate of drug-likeness (QED) is 0.357. The number of aromatic nitrogens is 5. The van der Waals surface area contributed by atoms with Gasteiger partial charge in [0.05, 0.1) is 30.0 Å². The molecule has 1 atom stereocenters. The molecule has 4 heterocycles. The molecule has 1 aromatic carbocycles. The predicted molar refractivity (Wildman–Crippen MR) is 145 cm³/mol. The number of ether oxygens (including phenoxy) is 2. The Balaban J connectivity index is 1.32. The first-order chi connectivity index (χ1) is 17.9. The second kappa shape index (κ2) is 10.7. The Bertz CT molecular complexity index is 1430. The van der Waals surface area contributed by atoms with E-state index in [1.165, 1.54) is 0 Å². The maximum absolute atomic E-state index is 12.8. The maximum atomic E-state index is 12.8. The van der Waals surface area contributed by atoms with Crippen LogP contribution in [0.5, 0.6) is 0 Å². The van der Waals surface area contributed by atoms with Crippen LogP contribution < -0.4 is 5.69 Å². The van der Waals surface area contributed by atoms with Gasteiger partial charge in [-0.3, -0.25) is 14.1 Å². The van der Waals surface area contributed by atoms with Crippen molar-refractivity contribution in [3.05, 3.63) is 52.7 Å². The molecule has 1 saturated heterocycles. The van der Waals surface area contributed by atoms with Crippen molar-refractivity contribution in [3.8, 4) is 11.1 Å². The molecule has 3 aromatic heterocycles. The standard InChI is InChI=1S/C28H36N6O3/c1-18(2)34-26-23-16-20(6-9-25(23)30-31-27(26)32(4)28(34)35)21-7-8-24(29-17-21)19(3)37-15-14-33-12-10-22(36-5)11-13-33/h6-9,16-19,22H,10-15H2,1-5H3/t19-/m1/s1. The van der Waals surface area contributed by atoms with Crippen molar-refractivity contribution in [1.29, 1.82) is 0 Å².